The van der Waals surface area contributed by atoms with Crippen molar-refractivity contribution in [2.75, 3.05) is 26.2 Å². The lowest BCUT2D eigenvalue weighted by Gasteiger charge is -2.45. The Balaban J connectivity index is 1.22. The molecule has 1 aliphatic heterocycles. The number of rotatable bonds is 9. The molecule has 51 heavy (non-hydrogen) atoms. The van der Waals surface area contributed by atoms with E-state index in [1.165, 1.54) is 23.5 Å². The first-order valence-corrected chi connectivity index (χ1v) is 18.6. The summed E-state index contributed by atoms with van der Waals surface area (Å²) in [5.41, 5.74) is 6.08. The summed E-state index contributed by atoms with van der Waals surface area (Å²) >= 11 is 6.50. The number of nitrogens with zero attached hydrogens (tertiary/aromatic N) is 7. The minimum Gasteiger partial charge on any atom is -0.619 e. The van der Waals surface area contributed by atoms with E-state index in [0.717, 1.165) is 72.2 Å². The molecule has 0 bridgehead atoms. The Hall–Kier alpha value is -4.48. The van der Waals surface area contributed by atoms with Crippen LogP contribution in [0.3, 0.4) is 0 Å². The summed E-state index contributed by atoms with van der Waals surface area (Å²) < 4.78 is 8.88. The monoisotopic (exact) mass is 711 g/mol. The normalized spacial score (nSPS) is 19.5. The number of pyridine rings is 2. The lowest BCUT2D eigenvalue weighted by molar-refractivity contribution is -0.605. The van der Waals surface area contributed by atoms with Crippen LogP contribution < -0.4 is 4.73 Å². The molecule has 1 saturated carbocycles. The minimum absolute atomic E-state index is 0.138. The fourth-order valence-electron chi connectivity index (χ4n) is 7.95. The third-order valence-electron chi connectivity index (χ3n) is 10.5. The summed E-state index contributed by atoms with van der Waals surface area (Å²) in [5, 5.41) is 12.9. The van der Waals surface area contributed by atoms with Gasteiger partial charge in [0.1, 0.15) is 12.1 Å². The highest BCUT2D eigenvalue weighted by molar-refractivity contribution is 6.30. The number of hydrogen-bond donors (Lipinski definition) is 0. The van der Waals surface area contributed by atoms with Gasteiger partial charge in [0.2, 0.25) is 5.91 Å². The van der Waals surface area contributed by atoms with Crippen LogP contribution in [0.1, 0.15) is 78.2 Å². The molecule has 2 amide bonds. The highest BCUT2D eigenvalue weighted by atomic mass is 35.5. The highest BCUT2D eigenvalue weighted by Gasteiger charge is 2.43. The van der Waals surface area contributed by atoms with Crippen LogP contribution in [0, 0.1) is 12.1 Å². The van der Waals surface area contributed by atoms with Crippen LogP contribution in [0.25, 0.3) is 0 Å². The molecule has 1 saturated heterocycles. The fraction of sp³-hybridized carbons (Fsp3) is 0.462. The fourth-order valence-corrected chi connectivity index (χ4v) is 8.14. The van der Waals surface area contributed by atoms with E-state index in [1.807, 2.05) is 48.1 Å². The van der Waals surface area contributed by atoms with Gasteiger partial charge in [-0.1, -0.05) is 30.2 Å². The zero-order valence-electron chi connectivity index (χ0n) is 29.2. The van der Waals surface area contributed by atoms with E-state index in [0.29, 0.717) is 44.2 Å². The number of piperazine rings is 1. The van der Waals surface area contributed by atoms with E-state index in [4.69, 9.17) is 21.3 Å². The van der Waals surface area contributed by atoms with Gasteiger partial charge in [0.15, 0.2) is 12.4 Å². The first kappa shape index (κ1) is 34.9. The number of carbonyl (C=O) groups excluding carboxylic acids is 2. The van der Waals surface area contributed by atoms with E-state index in [1.54, 1.807) is 22.2 Å². The molecular weight excluding hydrogens is 666 g/mol. The van der Waals surface area contributed by atoms with Gasteiger partial charge in [-0.05, 0) is 92.8 Å². The van der Waals surface area contributed by atoms with Crippen LogP contribution in [0.15, 0.2) is 73.6 Å². The number of halogens is 1. The number of imidazole rings is 1. The standard InChI is InChI=1S/C39H46ClN7O4/c1-28-23-43(27-42-28)17-7-18-45(24-29-8-6-19-46(50)25-29)38(48)35-26-44(20-21-47(35)39(49)51-33-10-3-2-4-11-33)37-34-15-14-32(40)22-31(34)13-12-30-9-5-16-41-36(30)37/h5-6,8-9,14-16,19,22-23,25,27,33,35,37H,2-4,7,10-13,17-18,20-21,24,26H2,1H3/t35-,37+/m1/s1. The second-order valence-electron chi connectivity index (χ2n) is 14.1. The zero-order valence-corrected chi connectivity index (χ0v) is 30.0. The smallest absolute Gasteiger partial charge is 0.410 e. The molecule has 4 heterocycles. The molecule has 2 fully saturated rings. The summed E-state index contributed by atoms with van der Waals surface area (Å²) in [5.74, 6) is -0.172. The van der Waals surface area contributed by atoms with Crippen molar-refractivity contribution in [1.82, 2.24) is 29.2 Å². The molecule has 0 radical (unpaired) electrons. The zero-order chi connectivity index (χ0) is 35.3. The number of ether oxygens (including phenoxy) is 1. The summed E-state index contributed by atoms with van der Waals surface area (Å²) in [6, 6.07) is 12.7. The van der Waals surface area contributed by atoms with Crippen molar-refractivity contribution in [2.24, 2.45) is 0 Å². The van der Waals surface area contributed by atoms with Crippen molar-refractivity contribution >= 4 is 23.6 Å². The molecule has 4 aromatic rings. The number of hydrogen-bond acceptors (Lipinski definition) is 7. The maximum absolute atomic E-state index is 15.0. The van der Waals surface area contributed by atoms with Crippen LogP contribution in [0.5, 0.6) is 0 Å². The van der Waals surface area contributed by atoms with Crippen LogP contribution in [-0.4, -0.2) is 79.6 Å². The van der Waals surface area contributed by atoms with Crippen molar-refractivity contribution < 1.29 is 19.1 Å². The van der Waals surface area contributed by atoms with E-state index in [2.05, 4.69) is 22.0 Å². The maximum atomic E-state index is 15.0. The summed E-state index contributed by atoms with van der Waals surface area (Å²) in [6.07, 6.45) is 15.2. The number of aromatic nitrogens is 4. The third kappa shape index (κ3) is 8.20. The maximum Gasteiger partial charge on any atom is 0.410 e. The van der Waals surface area contributed by atoms with E-state index >= 15 is 0 Å². The Morgan fingerprint density at radius 2 is 1.90 bits per heavy atom. The Morgan fingerprint density at radius 1 is 1.06 bits per heavy atom. The van der Waals surface area contributed by atoms with Gasteiger partial charge in [-0.25, -0.2) is 9.78 Å². The summed E-state index contributed by atoms with van der Waals surface area (Å²) in [6.45, 7) is 4.47. The van der Waals surface area contributed by atoms with Gasteiger partial charge in [-0.15, -0.1) is 0 Å². The molecule has 7 rings (SSSR count). The predicted octanol–water partition coefficient (Wildman–Crippen LogP) is 5.64. The number of aryl methyl sites for hydroxylation is 4. The molecule has 11 nitrogen and oxygen atoms in total. The van der Waals surface area contributed by atoms with E-state index < -0.39 is 12.1 Å². The Labute approximate surface area is 304 Å². The molecule has 268 valence electrons. The molecule has 2 atom stereocenters. The van der Waals surface area contributed by atoms with Gasteiger partial charge in [-0.2, -0.15) is 4.73 Å². The molecular formula is C39H46ClN7O4. The molecule has 0 unspecified atom stereocenters. The SMILES string of the molecule is Cc1cn(CCCN(Cc2ccc[n+]([O-])c2)C(=O)[C@H]2CN([C@H]3c4ccc(Cl)cc4CCc4cccnc43)CCN2C(=O)OC2CCCCC2)cn1. The number of amides is 2. The first-order chi connectivity index (χ1) is 24.8. The summed E-state index contributed by atoms with van der Waals surface area (Å²) in [4.78, 5) is 44.0. The van der Waals surface area contributed by atoms with Gasteiger partial charge in [0.25, 0.3) is 0 Å². The minimum atomic E-state index is -0.806. The molecule has 3 aliphatic rings. The topological polar surface area (TPSA) is 111 Å². The van der Waals surface area contributed by atoms with Crippen LogP contribution in [0.4, 0.5) is 4.79 Å². The first-order valence-electron chi connectivity index (χ1n) is 18.2. The molecule has 1 aromatic carbocycles. The van der Waals surface area contributed by atoms with Gasteiger partial charge in [-0.3, -0.25) is 19.6 Å². The van der Waals surface area contributed by atoms with Crippen molar-refractivity contribution in [3.8, 4) is 0 Å². The molecule has 2 aliphatic carbocycles. The van der Waals surface area contributed by atoms with E-state index in [-0.39, 0.29) is 24.6 Å². The highest BCUT2D eigenvalue weighted by Crippen LogP contribution is 2.38. The van der Waals surface area contributed by atoms with Crippen LogP contribution in [0.2, 0.25) is 5.02 Å². The van der Waals surface area contributed by atoms with Crippen molar-refractivity contribution in [2.45, 2.75) is 89.6 Å². The number of fused-ring (bicyclic) bond motifs is 2. The third-order valence-corrected chi connectivity index (χ3v) is 10.7. The van der Waals surface area contributed by atoms with Gasteiger partial charge in [0.05, 0.1) is 30.3 Å². The van der Waals surface area contributed by atoms with Crippen LogP contribution >= 0.6 is 11.6 Å². The second-order valence-corrected chi connectivity index (χ2v) is 14.5. The quantitative estimate of drug-likeness (QED) is 0.163. The Kier molecular flexibility index (Phi) is 10.8. The summed E-state index contributed by atoms with van der Waals surface area (Å²) in [7, 11) is 0. The van der Waals surface area contributed by atoms with Crippen molar-refractivity contribution in [3.05, 3.63) is 117 Å². The second kappa shape index (κ2) is 15.8. The molecule has 3 aromatic heterocycles. The molecule has 12 heteroatoms. The number of carbonyl (C=O) groups is 2. The predicted molar refractivity (Wildman–Crippen MR) is 193 cm³/mol. The van der Waals surface area contributed by atoms with E-state index in [9.17, 15) is 14.8 Å². The largest absolute Gasteiger partial charge is 0.619 e. The molecule has 0 N–H and O–H groups in total. The Bertz CT molecular complexity index is 1840. The average molecular weight is 712 g/mol. The lowest BCUT2D eigenvalue weighted by Crippen LogP contribution is -2.62. The van der Waals surface area contributed by atoms with Crippen molar-refractivity contribution in [3.63, 3.8) is 0 Å². The Morgan fingerprint density at radius 3 is 2.71 bits per heavy atom. The molecule has 0 spiro atoms. The van der Waals surface area contributed by atoms with Crippen molar-refractivity contribution in [1.29, 1.82) is 0 Å². The average Bonchev–Trinajstić information content (AvgIpc) is 3.48. The van der Waals surface area contributed by atoms with Gasteiger partial charge < -0.3 is 19.4 Å². The van der Waals surface area contributed by atoms with Crippen LogP contribution in [-0.2, 0) is 35.5 Å². The van der Waals surface area contributed by atoms with Gasteiger partial charge in [0, 0.05) is 61.8 Å². The van der Waals surface area contributed by atoms with Gasteiger partial charge >= 0.3 is 6.09 Å². The lowest BCUT2D eigenvalue weighted by atomic mass is 9.95. The number of benzene rings is 1.